The van der Waals surface area contributed by atoms with Crippen LogP contribution in [-0.2, 0) is 0 Å². The molecule has 1 amide bonds. The number of rotatable bonds is 3. The largest absolute Gasteiger partial charge is 0.349 e. The molecule has 5 heteroatoms. The lowest BCUT2D eigenvalue weighted by molar-refractivity contribution is 0.0946. The first-order valence-electron chi connectivity index (χ1n) is 4.32. The molecule has 0 spiro atoms. The highest BCUT2D eigenvalue weighted by Crippen LogP contribution is 1.89. The lowest BCUT2D eigenvalue weighted by Crippen LogP contribution is -2.36. The van der Waals surface area contributed by atoms with Crippen LogP contribution < -0.4 is 16.6 Å². The Morgan fingerprint density at radius 3 is 2.93 bits per heavy atom. The third-order valence-electron chi connectivity index (χ3n) is 1.60. The molecule has 0 aliphatic rings. The summed E-state index contributed by atoms with van der Waals surface area (Å²) in [6.45, 7) is 2.17. The number of H-pyrrole nitrogens is 1. The molecule has 0 aromatic carbocycles. The summed E-state index contributed by atoms with van der Waals surface area (Å²) in [7, 11) is 0. The highest BCUT2D eigenvalue weighted by Gasteiger charge is 2.05. The van der Waals surface area contributed by atoms with Crippen LogP contribution >= 0.6 is 0 Å². The number of hydrogen-bond donors (Lipinski definition) is 3. The van der Waals surface area contributed by atoms with Crippen molar-refractivity contribution in [2.45, 2.75) is 13.0 Å². The summed E-state index contributed by atoms with van der Waals surface area (Å²) in [5.74, 6) is -0.319. The monoisotopic (exact) mass is 195 g/mol. The Morgan fingerprint density at radius 2 is 2.36 bits per heavy atom. The van der Waals surface area contributed by atoms with Crippen LogP contribution in [0.3, 0.4) is 0 Å². The molecule has 0 bridgehead atoms. The molecule has 76 valence electrons. The third kappa shape index (κ3) is 3.02. The maximum atomic E-state index is 11.4. The van der Waals surface area contributed by atoms with E-state index in [4.69, 9.17) is 5.73 Å². The fourth-order valence-electron chi connectivity index (χ4n) is 0.929. The predicted molar refractivity (Wildman–Crippen MR) is 53.0 cm³/mol. The molecular formula is C9H13N3O2. The van der Waals surface area contributed by atoms with E-state index in [1.165, 1.54) is 18.2 Å². The SMILES string of the molecule is CC(N)CNC(=O)c1cccc(=O)[nH]1. The topological polar surface area (TPSA) is 88.0 Å². The number of aromatic amines is 1. The van der Waals surface area contributed by atoms with Crippen LogP contribution in [0.15, 0.2) is 23.0 Å². The van der Waals surface area contributed by atoms with Gasteiger partial charge in [0.15, 0.2) is 0 Å². The molecule has 5 nitrogen and oxygen atoms in total. The van der Waals surface area contributed by atoms with Gasteiger partial charge in [0.05, 0.1) is 0 Å². The van der Waals surface area contributed by atoms with Gasteiger partial charge in [0.1, 0.15) is 5.69 Å². The number of amides is 1. The summed E-state index contributed by atoms with van der Waals surface area (Å²) in [6, 6.07) is 4.31. The van der Waals surface area contributed by atoms with E-state index in [1.807, 2.05) is 0 Å². The van der Waals surface area contributed by atoms with Crippen molar-refractivity contribution in [3.63, 3.8) is 0 Å². The fourth-order valence-corrected chi connectivity index (χ4v) is 0.929. The van der Waals surface area contributed by atoms with E-state index in [1.54, 1.807) is 6.92 Å². The number of pyridine rings is 1. The maximum absolute atomic E-state index is 11.4. The Bertz CT molecular complexity index is 370. The summed E-state index contributed by atoms with van der Waals surface area (Å²) in [5.41, 5.74) is 5.42. The highest BCUT2D eigenvalue weighted by molar-refractivity contribution is 5.92. The van der Waals surface area contributed by atoms with E-state index in [-0.39, 0.29) is 23.2 Å². The molecular weight excluding hydrogens is 182 g/mol. The van der Waals surface area contributed by atoms with Crippen molar-refractivity contribution in [2.75, 3.05) is 6.54 Å². The Hall–Kier alpha value is -1.62. The van der Waals surface area contributed by atoms with Crippen LogP contribution in [0, 0.1) is 0 Å². The van der Waals surface area contributed by atoms with Crippen molar-refractivity contribution in [1.82, 2.24) is 10.3 Å². The van der Waals surface area contributed by atoms with Crippen molar-refractivity contribution < 1.29 is 4.79 Å². The van der Waals surface area contributed by atoms with Crippen LogP contribution in [0.25, 0.3) is 0 Å². The average Bonchev–Trinajstić information content (AvgIpc) is 2.14. The number of nitrogens with two attached hydrogens (primary N) is 1. The minimum Gasteiger partial charge on any atom is -0.349 e. The molecule has 4 N–H and O–H groups in total. The zero-order valence-corrected chi connectivity index (χ0v) is 7.91. The van der Waals surface area contributed by atoms with Gasteiger partial charge in [-0.25, -0.2) is 0 Å². The van der Waals surface area contributed by atoms with Crippen molar-refractivity contribution in [1.29, 1.82) is 0 Å². The number of aromatic nitrogens is 1. The van der Waals surface area contributed by atoms with E-state index in [0.717, 1.165) is 0 Å². The van der Waals surface area contributed by atoms with Gasteiger partial charge in [0.2, 0.25) is 5.56 Å². The quantitative estimate of drug-likeness (QED) is 0.604. The van der Waals surface area contributed by atoms with Crippen molar-refractivity contribution in [3.8, 4) is 0 Å². The van der Waals surface area contributed by atoms with E-state index < -0.39 is 0 Å². The lowest BCUT2D eigenvalue weighted by atomic mass is 10.3. The summed E-state index contributed by atoms with van der Waals surface area (Å²) in [4.78, 5) is 24.7. The average molecular weight is 195 g/mol. The second kappa shape index (κ2) is 4.57. The Morgan fingerprint density at radius 1 is 1.64 bits per heavy atom. The summed E-state index contributed by atoms with van der Waals surface area (Å²) in [5, 5.41) is 2.59. The Labute approximate surface area is 81.3 Å². The van der Waals surface area contributed by atoms with E-state index in [0.29, 0.717) is 6.54 Å². The number of nitrogens with one attached hydrogen (secondary N) is 2. The lowest BCUT2D eigenvalue weighted by Gasteiger charge is -2.06. The van der Waals surface area contributed by atoms with Gasteiger partial charge in [-0.3, -0.25) is 9.59 Å². The van der Waals surface area contributed by atoms with Gasteiger partial charge in [0.25, 0.3) is 5.91 Å². The van der Waals surface area contributed by atoms with Gasteiger partial charge in [-0.15, -0.1) is 0 Å². The van der Waals surface area contributed by atoms with Gasteiger partial charge in [-0.05, 0) is 13.0 Å². The number of hydrogen-bond acceptors (Lipinski definition) is 3. The first-order valence-corrected chi connectivity index (χ1v) is 4.32. The van der Waals surface area contributed by atoms with Crippen molar-refractivity contribution in [2.24, 2.45) is 5.73 Å². The minimum absolute atomic E-state index is 0.102. The number of carbonyl (C=O) groups is 1. The molecule has 0 aliphatic heterocycles. The normalized spacial score (nSPS) is 12.1. The van der Waals surface area contributed by atoms with Crippen LogP contribution in [0.4, 0.5) is 0 Å². The highest BCUT2D eigenvalue weighted by atomic mass is 16.2. The fraction of sp³-hybridized carbons (Fsp3) is 0.333. The van der Waals surface area contributed by atoms with Crippen LogP contribution in [-0.4, -0.2) is 23.5 Å². The zero-order chi connectivity index (χ0) is 10.6. The van der Waals surface area contributed by atoms with E-state index in [9.17, 15) is 9.59 Å². The second-order valence-corrected chi connectivity index (χ2v) is 3.12. The van der Waals surface area contributed by atoms with Crippen LogP contribution in [0.5, 0.6) is 0 Å². The van der Waals surface area contributed by atoms with Crippen LogP contribution in [0.1, 0.15) is 17.4 Å². The molecule has 1 aromatic rings. The third-order valence-corrected chi connectivity index (χ3v) is 1.60. The smallest absolute Gasteiger partial charge is 0.267 e. The van der Waals surface area contributed by atoms with Crippen molar-refractivity contribution >= 4 is 5.91 Å². The molecule has 0 aliphatic carbocycles. The first kappa shape index (κ1) is 10.5. The molecule has 0 radical (unpaired) electrons. The van der Waals surface area contributed by atoms with Gasteiger partial charge in [0, 0.05) is 18.7 Å². The van der Waals surface area contributed by atoms with Gasteiger partial charge in [-0.1, -0.05) is 6.07 Å². The maximum Gasteiger partial charge on any atom is 0.267 e. The summed E-state index contributed by atoms with van der Waals surface area (Å²) in [6.07, 6.45) is 0. The van der Waals surface area contributed by atoms with Gasteiger partial charge >= 0.3 is 0 Å². The summed E-state index contributed by atoms with van der Waals surface area (Å²) < 4.78 is 0. The van der Waals surface area contributed by atoms with Gasteiger partial charge in [-0.2, -0.15) is 0 Å². The zero-order valence-electron chi connectivity index (χ0n) is 7.91. The molecule has 1 aromatic heterocycles. The molecule has 1 atom stereocenters. The second-order valence-electron chi connectivity index (χ2n) is 3.12. The molecule has 1 heterocycles. The predicted octanol–water partition coefficient (Wildman–Crippen LogP) is -0.548. The number of carbonyl (C=O) groups excluding carboxylic acids is 1. The minimum atomic E-state index is -0.319. The standard InChI is InChI=1S/C9H13N3O2/c1-6(10)5-11-9(14)7-3-2-4-8(13)12-7/h2-4,6H,5,10H2,1H3,(H,11,14)(H,12,13). The molecule has 0 fully saturated rings. The first-order chi connectivity index (χ1) is 6.59. The Balaban J connectivity index is 2.65. The molecule has 1 unspecified atom stereocenters. The van der Waals surface area contributed by atoms with Crippen LogP contribution in [0.2, 0.25) is 0 Å². The molecule has 0 saturated heterocycles. The summed E-state index contributed by atoms with van der Waals surface area (Å²) >= 11 is 0. The van der Waals surface area contributed by atoms with E-state index >= 15 is 0 Å². The van der Waals surface area contributed by atoms with Crippen molar-refractivity contribution in [3.05, 3.63) is 34.2 Å². The molecule has 1 rings (SSSR count). The van der Waals surface area contributed by atoms with Gasteiger partial charge < -0.3 is 16.0 Å². The molecule has 0 saturated carbocycles. The molecule has 14 heavy (non-hydrogen) atoms. The Kier molecular flexibility index (Phi) is 3.41. The van der Waals surface area contributed by atoms with E-state index in [2.05, 4.69) is 10.3 Å².